The number of hydrogen-bond donors (Lipinski definition) is 1. The van der Waals surface area contributed by atoms with E-state index in [4.69, 9.17) is 0 Å². The first-order chi connectivity index (χ1) is 9.79. The van der Waals surface area contributed by atoms with E-state index >= 15 is 0 Å². The number of imidazole rings is 1. The predicted molar refractivity (Wildman–Crippen MR) is 70.4 cm³/mol. The summed E-state index contributed by atoms with van der Waals surface area (Å²) in [4.78, 5) is 15.3. The molecule has 1 atom stereocenters. The topological polar surface area (TPSA) is 46.9 Å². The van der Waals surface area contributed by atoms with Crippen molar-refractivity contribution in [3.05, 3.63) is 53.6 Å². The zero-order valence-corrected chi connectivity index (χ0v) is 11.5. The summed E-state index contributed by atoms with van der Waals surface area (Å²) >= 11 is 0. The van der Waals surface area contributed by atoms with Crippen molar-refractivity contribution in [3.63, 3.8) is 0 Å². The van der Waals surface area contributed by atoms with E-state index in [-0.39, 0.29) is 0 Å². The van der Waals surface area contributed by atoms with Crippen LogP contribution in [0.15, 0.2) is 36.7 Å². The highest BCUT2D eigenvalue weighted by Gasteiger charge is 2.40. The summed E-state index contributed by atoms with van der Waals surface area (Å²) in [6.45, 7) is 1.82. The fourth-order valence-corrected chi connectivity index (χ4v) is 2.01. The molecule has 0 fully saturated rings. The normalized spacial score (nSPS) is 13.0. The number of hydrogen-bond acceptors (Lipinski definition) is 2. The van der Waals surface area contributed by atoms with Crippen LogP contribution in [0.5, 0.6) is 0 Å². The van der Waals surface area contributed by atoms with E-state index in [1.807, 2.05) is 18.3 Å². The Hall–Kier alpha value is -2.31. The third-order valence-electron chi connectivity index (χ3n) is 3.03. The molecule has 0 aliphatic heterocycles. The number of aromatic nitrogens is 2. The number of aryl methyl sites for hydroxylation is 2. The second kappa shape index (κ2) is 5.59. The van der Waals surface area contributed by atoms with E-state index in [2.05, 4.69) is 4.98 Å². The fourth-order valence-electron chi connectivity index (χ4n) is 2.01. The molecule has 2 aromatic rings. The average Bonchev–Trinajstić information content (AvgIpc) is 2.80. The second-order valence-electron chi connectivity index (χ2n) is 4.71. The molecule has 0 saturated carbocycles. The van der Waals surface area contributed by atoms with Crippen LogP contribution in [0.4, 0.5) is 13.2 Å². The van der Waals surface area contributed by atoms with Gasteiger partial charge in [0.1, 0.15) is 11.9 Å². The monoisotopic (exact) mass is 297 g/mol. The Bertz CT molecular complexity index is 649. The number of alkyl halides is 3. The lowest BCUT2D eigenvalue weighted by Gasteiger charge is -2.20. The molecule has 1 unspecified atom stereocenters. The fraction of sp³-hybridized carbons (Fsp3) is 0.286. The van der Waals surface area contributed by atoms with Gasteiger partial charge in [0.25, 0.3) is 0 Å². The lowest BCUT2D eigenvalue weighted by molar-refractivity contribution is -0.174. The number of nitrogens with zero attached hydrogens (tertiary/aromatic N) is 2. The minimum atomic E-state index is -4.94. The van der Waals surface area contributed by atoms with Gasteiger partial charge in [-0.05, 0) is 12.5 Å². The van der Waals surface area contributed by atoms with Crippen molar-refractivity contribution in [2.45, 2.75) is 19.1 Å². The van der Waals surface area contributed by atoms with Gasteiger partial charge in [0.15, 0.2) is 0 Å². The molecule has 1 amide bonds. The number of nitrogens with one attached hydrogen (secondary N) is 1. The van der Waals surface area contributed by atoms with Crippen molar-refractivity contribution >= 4 is 5.91 Å². The first-order valence-electron chi connectivity index (χ1n) is 6.20. The van der Waals surface area contributed by atoms with Crippen LogP contribution in [0, 0.1) is 6.92 Å². The summed E-state index contributed by atoms with van der Waals surface area (Å²) in [7, 11) is 1.66. The SMILES string of the molecule is Cc1cccc(C(NC(=O)C(F)(F)F)c2nccn2C)c1. The van der Waals surface area contributed by atoms with Crippen LogP contribution in [0.2, 0.25) is 0 Å². The highest BCUT2D eigenvalue weighted by Crippen LogP contribution is 2.24. The lowest BCUT2D eigenvalue weighted by atomic mass is 10.0. The van der Waals surface area contributed by atoms with Gasteiger partial charge in [-0.25, -0.2) is 4.98 Å². The molecule has 0 radical (unpaired) electrons. The summed E-state index contributed by atoms with van der Waals surface area (Å²) in [5.74, 6) is -1.66. The molecule has 7 heteroatoms. The molecule has 2 rings (SSSR count). The minimum Gasteiger partial charge on any atom is -0.336 e. The van der Waals surface area contributed by atoms with Crippen LogP contribution >= 0.6 is 0 Å². The Morgan fingerprint density at radius 1 is 1.38 bits per heavy atom. The molecule has 21 heavy (non-hydrogen) atoms. The molecule has 4 nitrogen and oxygen atoms in total. The van der Waals surface area contributed by atoms with Gasteiger partial charge in [0.2, 0.25) is 0 Å². The van der Waals surface area contributed by atoms with Crippen LogP contribution in [-0.2, 0) is 11.8 Å². The molecule has 0 bridgehead atoms. The molecule has 0 saturated heterocycles. The van der Waals surface area contributed by atoms with Gasteiger partial charge in [0, 0.05) is 19.4 Å². The number of halogens is 3. The van der Waals surface area contributed by atoms with Gasteiger partial charge in [-0.1, -0.05) is 29.8 Å². The van der Waals surface area contributed by atoms with Crippen molar-refractivity contribution in [1.29, 1.82) is 0 Å². The van der Waals surface area contributed by atoms with Crippen LogP contribution in [0.1, 0.15) is 23.0 Å². The number of benzene rings is 1. The van der Waals surface area contributed by atoms with Gasteiger partial charge in [-0.15, -0.1) is 0 Å². The Morgan fingerprint density at radius 2 is 2.10 bits per heavy atom. The molecule has 1 N–H and O–H groups in total. The molecule has 112 valence electrons. The summed E-state index contributed by atoms with van der Waals surface area (Å²) in [5, 5.41) is 2.00. The van der Waals surface area contributed by atoms with Gasteiger partial charge < -0.3 is 9.88 Å². The molecule has 1 heterocycles. The largest absolute Gasteiger partial charge is 0.471 e. The van der Waals surface area contributed by atoms with Gasteiger partial charge in [-0.3, -0.25) is 4.79 Å². The molecular weight excluding hydrogens is 283 g/mol. The number of carbonyl (C=O) groups excluding carboxylic acids is 1. The van der Waals surface area contributed by atoms with Crippen molar-refractivity contribution in [2.75, 3.05) is 0 Å². The van der Waals surface area contributed by atoms with Gasteiger partial charge >= 0.3 is 12.1 Å². The van der Waals surface area contributed by atoms with Crippen LogP contribution < -0.4 is 5.32 Å². The van der Waals surface area contributed by atoms with Gasteiger partial charge in [-0.2, -0.15) is 13.2 Å². The van der Waals surface area contributed by atoms with E-state index in [1.54, 1.807) is 36.0 Å². The Kier molecular flexibility index (Phi) is 4.02. The zero-order chi connectivity index (χ0) is 15.6. The first kappa shape index (κ1) is 15.1. The Labute approximate surface area is 119 Å². The number of rotatable bonds is 3. The van der Waals surface area contributed by atoms with Crippen LogP contribution in [-0.4, -0.2) is 21.6 Å². The third-order valence-corrected chi connectivity index (χ3v) is 3.03. The minimum absolute atomic E-state index is 0.332. The van der Waals surface area contributed by atoms with Crippen molar-refractivity contribution in [1.82, 2.24) is 14.9 Å². The van der Waals surface area contributed by atoms with Crippen molar-refractivity contribution in [2.24, 2.45) is 7.05 Å². The molecule has 0 aliphatic rings. The van der Waals surface area contributed by atoms with Gasteiger partial charge in [0.05, 0.1) is 0 Å². The standard InChI is InChI=1S/C14H14F3N3O/c1-9-4-3-5-10(8-9)11(12-18-6-7-20(12)2)19-13(21)14(15,16)17/h3-8,11H,1-2H3,(H,19,21). The van der Waals surface area contributed by atoms with Crippen molar-refractivity contribution in [3.8, 4) is 0 Å². The summed E-state index contributed by atoms with van der Waals surface area (Å²) in [6.07, 6.45) is -1.86. The maximum atomic E-state index is 12.5. The average molecular weight is 297 g/mol. The van der Waals surface area contributed by atoms with E-state index in [1.165, 1.54) is 6.20 Å². The van der Waals surface area contributed by atoms with E-state index in [0.29, 0.717) is 11.4 Å². The number of carbonyl (C=O) groups is 1. The van der Waals surface area contributed by atoms with E-state index in [0.717, 1.165) is 5.56 Å². The molecular formula is C14H14F3N3O. The summed E-state index contributed by atoms with van der Waals surface area (Å²) < 4.78 is 39.1. The van der Waals surface area contributed by atoms with Crippen LogP contribution in [0.25, 0.3) is 0 Å². The Morgan fingerprint density at radius 3 is 2.62 bits per heavy atom. The maximum absolute atomic E-state index is 12.5. The molecule has 1 aromatic heterocycles. The highest BCUT2D eigenvalue weighted by atomic mass is 19.4. The first-order valence-corrected chi connectivity index (χ1v) is 6.20. The van der Waals surface area contributed by atoms with Crippen molar-refractivity contribution < 1.29 is 18.0 Å². The quantitative estimate of drug-likeness (QED) is 0.946. The second-order valence-corrected chi connectivity index (χ2v) is 4.71. The third kappa shape index (κ3) is 3.42. The number of amides is 1. The molecule has 0 spiro atoms. The van der Waals surface area contributed by atoms with E-state index in [9.17, 15) is 18.0 Å². The highest BCUT2D eigenvalue weighted by molar-refractivity contribution is 5.82. The smallest absolute Gasteiger partial charge is 0.336 e. The summed E-state index contributed by atoms with van der Waals surface area (Å²) in [6, 6.07) is 5.96. The molecule has 0 aliphatic carbocycles. The van der Waals surface area contributed by atoms with E-state index < -0.39 is 18.1 Å². The van der Waals surface area contributed by atoms with Crippen LogP contribution in [0.3, 0.4) is 0 Å². The lowest BCUT2D eigenvalue weighted by Crippen LogP contribution is -2.40. The molecule has 1 aromatic carbocycles. The summed E-state index contributed by atoms with van der Waals surface area (Å²) in [5.41, 5.74) is 1.43. The Balaban J connectivity index is 2.41. The predicted octanol–water partition coefficient (Wildman–Crippen LogP) is 2.50. The maximum Gasteiger partial charge on any atom is 0.471 e. The zero-order valence-electron chi connectivity index (χ0n) is 11.5.